The van der Waals surface area contributed by atoms with Gasteiger partial charge in [-0.2, -0.15) is 0 Å². The first-order chi connectivity index (χ1) is 9.56. The molecule has 2 rings (SSSR count). The largest absolute Gasteiger partial charge is 0.484 e. The van der Waals surface area contributed by atoms with E-state index >= 15 is 0 Å². The minimum Gasteiger partial charge on any atom is -0.484 e. The summed E-state index contributed by atoms with van der Waals surface area (Å²) < 4.78 is 5.32. The average molecular weight is 291 g/mol. The van der Waals surface area contributed by atoms with E-state index in [0.29, 0.717) is 10.8 Å². The van der Waals surface area contributed by atoms with Crippen LogP contribution in [0.15, 0.2) is 35.7 Å². The van der Waals surface area contributed by atoms with Gasteiger partial charge in [-0.1, -0.05) is 17.7 Å². The number of hydrogen-bond acceptors (Lipinski definition) is 4. The quantitative estimate of drug-likeness (QED) is 0.888. The van der Waals surface area contributed by atoms with Crippen LogP contribution in [0, 0.1) is 6.92 Å². The van der Waals surface area contributed by atoms with Crippen LogP contribution in [0.1, 0.15) is 15.9 Å². The van der Waals surface area contributed by atoms with Gasteiger partial charge in [0.25, 0.3) is 5.91 Å². The maximum atomic E-state index is 11.7. The fourth-order valence-corrected chi connectivity index (χ4v) is 2.32. The second-order valence-electron chi connectivity index (χ2n) is 4.12. The first-order valence-electron chi connectivity index (χ1n) is 5.86. The van der Waals surface area contributed by atoms with Gasteiger partial charge >= 0.3 is 5.97 Å². The molecule has 5 nitrogen and oxygen atoms in total. The number of rotatable bonds is 5. The van der Waals surface area contributed by atoms with E-state index < -0.39 is 11.9 Å². The van der Waals surface area contributed by atoms with E-state index in [0.717, 1.165) is 16.9 Å². The third kappa shape index (κ3) is 3.58. The average Bonchev–Trinajstić information content (AvgIpc) is 2.86. The Labute approximate surface area is 119 Å². The molecule has 2 N–H and O–H groups in total. The number of carboxylic acids is 1. The first kappa shape index (κ1) is 14.1. The molecule has 20 heavy (non-hydrogen) atoms. The van der Waals surface area contributed by atoms with Crippen LogP contribution in [0.25, 0.3) is 0 Å². The van der Waals surface area contributed by atoms with Crippen LogP contribution in [-0.4, -0.2) is 23.6 Å². The lowest BCUT2D eigenvalue weighted by Gasteiger charge is -2.07. The molecule has 0 spiro atoms. The van der Waals surface area contributed by atoms with Crippen LogP contribution in [0.3, 0.4) is 0 Å². The monoisotopic (exact) mass is 291 g/mol. The van der Waals surface area contributed by atoms with Crippen molar-refractivity contribution in [3.63, 3.8) is 0 Å². The molecule has 0 bridgehead atoms. The molecule has 0 aliphatic rings. The van der Waals surface area contributed by atoms with E-state index in [1.54, 1.807) is 17.5 Å². The first-order valence-corrected chi connectivity index (χ1v) is 6.74. The molecule has 1 aromatic heterocycles. The summed E-state index contributed by atoms with van der Waals surface area (Å²) in [6.45, 7) is 1.79. The van der Waals surface area contributed by atoms with Gasteiger partial charge in [-0.05, 0) is 30.5 Å². The topological polar surface area (TPSA) is 75.6 Å². The molecule has 0 fully saturated rings. The molecule has 6 heteroatoms. The van der Waals surface area contributed by atoms with Crippen molar-refractivity contribution in [1.29, 1.82) is 0 Å². The summed E-state index contributed by atoms with van der Waals surface area (Å²) >= 11 is 1.16. The highest BCUT2D eigenvalue weighted by molar-refractivity contribution is 7.14. The number of aromatic carboxylic acids is 1. The number of amides is 1. The maximum absolute atomic E-state index is 11.7. The Balaban J connectivity index is 1.91. The standard InChI is InChI=1S/C14H13NO4S/c1-9-2-4-10(5-3-9)19-8-12(16)15-13-11(14(17)18)6-7-20-13/h2-7H,8H2,1H3,(H,15,16)(H,17,18). The number of nitrogens with one attached hydrogen (secondary N) is 1. The van der Waals surface area contributed by atoms with Crippen molar-refractivity contribution in [3.05, 3.63) is 46.8 Å². The number of hydrogen-bond donors (Lipinski definition) is 2. The Bertz CT molecular complexity index is 618. The number of carbonyl (C=O) groups is 2. The van der Waals surface area contributed by atoms with Crippen LogP contribution < -0.4 is 10.1 Å². The lowest BCUT2D eigenvalue weighted by molar-refractivity contribution is -0.118. The fraction of sp³-hybridized carbons (Fsp3) is 0.143. The molecule has 1 heterocycles. The van der Waals surface area contributed by atoms with Crippen LogP contribution in [0.2, 0.25) is 0 Å². The predicted octanol–water partition coefficient (Wildman–Crippen LogP) is 2.77. The van der Waals surface area contributed by atoms with Crippen molar-refractivity contribution in [3.8, 4) is 5.75 Å². The van der Waals surface area contributed by atoms with Crippen molar-refractivity contribution in [2.24, 2.45) is 0 Å². The summed E-state index contributed by atoms with van der Waals surface area (Å²) in [7, 11) is 0. The van der Waals surface area contributed by atoms with Gasteiger partial charge in [0.2, 0.25) is 0 Å². The van der Waals surface area contributed by atoms with E-state index in [1.807, 2.05) is 19.1 Å². The molecule has 0 saturated carbocycles. The zero-order valence-corrected chi connectivity index (χ0v) is 11.6. The smallest absolute Gasteiger partial charge is 0.338 e. The predicted molar refractivity (Wildman–Crippen MR) is 76.6 cm³/mol. The van der Waals surface area contributed by atoms with Crippen molar-refractivity contribution >= 4 is 28.2 Å². The highest BCUT2D eigenvalue weighted by Crippen LogP contribution is 2.23. The van der Waals surface area contributed by atoms with Gasteiger partial charge in [0.1, 0.15) is 10.8 Å². The molecular formula is C14H13NO4S. The van der Waals surface area contributed by atoms with Gasteiger partial charge in [0.15, 0.2) is 6.61 Å². The third-order valence-electron chi connectivity index (χ3n) is 2.54. The maximum Gasteiger partial charge on any atom is 0.338 e. The van der Waals surface area contributed by atoms with E-state index in [9.17, 15) is 9.59 Å². The Morgan fingerprint density at radius 2 is 1.95 bits per heavy atom. The summed E-state index contributed by atoms with van der Waals surface area (Å²) in [5.74, 6) is -0.869. The van der Waals surface area contributed by atoms with Crippen LogP contribution in [-0.2, 0) is 4.79 Å². The number of benzene rings is 1. The third-order valence-corrected chi connectivity index (χ3v) is 3.37. The Kier molecular flexibility index (Phi) is 4.37. The summed E-state index contributed by atoms with van der Waals surface area (Å²) in [5.41, 5.74) is 1.19. The number of thiophene rings is 1. The van der Waals surface area contributed by atoms with Gasteiger partial charge in [-0.25, -0.2) is 4.79 Å². The summed E-state index contributed by atoms with van der Waals surface area (Å²) in [6.07, 6.45) is 0. The van der Waals surface area contributed by atoms with E-state index in [-0.39, 0.29) is 12.2 Å². The molecule has 0 unspecified atom stereocenters. The van der Waals surface area contributed by atoms with Gasteiger partial charge in [0.05, 0.1) is 5.56 Å². The second kappa shape index (κ2) is 6.21. The van der Waals surface area contributed by atoms with Crippen LogP contribution >= 0.6 is 11.3 Å². The summed E-state index contributed by atoms with van der Waals surface area (Å²) in [4.78, 5) is 22.6. The lowest BCUT2D eigenvalue weighted by Crippen LogP contribution is -2.20. The highest BCUT2D eigenvalue weighted by atomic mass is 32.1. The van der Waals surface area contributed by atoms with E-state index in [4.69, 9.17) is 9.84 Å². The van der Waals surface area contributed by atoms with Gasteiger partial charge < -0.3 is 15.2 Å². The second-order valence-corrected chi connectivity index (χ2v) is 5.03. The molecule has 104 valence electrons. The fourth-order valence-electron chi connectivity index (χ4n) is 1.52. The molecule has 1 amide bonds. The van der Waals surface area contributed by atoms with Gasteiger partial charge in [-0.3, -0.25) is 4.79 Å². The normalized spacial score (nSPS) is 10.1. The van der Waals surface area contributed by atoms with Gasteiger partial charge in [-0.15, -0.1) is 11.3 Å². The number of aryl methyl sites for hydroxylation is 1. The van der Waals surface area contributed by atoms with Crippen LogP contribution in [0.5, 0.6) is 5.75 Å². The van der Waals surface area contributed by atoms with E-state index in [1.165, 1.54) is 6.07 Å². The van der Waals surface area contributed by atoms with E-state index in [2.05, 4.69) is 5.32 Å². The highest BCUT2D eigenvalue weighted by Gasteiger charge is 2.14. The van der Waals surface area contributed by atoms with Crippen molar-refractivity contribution in [2.75, 3.05) is 11.9 Å². The minimum atomic E-state index is -1.07. The summed E-state index contributed by atoms with van der Waals surface area (Å²) in [6, 6.07) is 8.76. The number of carboxylic acid groups (broad SMARTS) is 1. The van der Waals surface area contributed by atoms with Gasteiger partial charge in [0, 0.05) is 0 Å². The number of ether oxygens (including phenoxy) is 1. The Hall–Kier alpha value is -2.34. The molecule has 0 radical (unpaired) electrons. The Morgan fingerprint density at radius 1 is 1.25 bits per heavy atom. The molecule has 0 aliphatic heterocycles. The number of anilines is 1. The van der Waals surface area contributed by atoms with Crippen molar-refractivity contribution in [1.82, 2.24) is 0 Å². The zero-order valence-electron chi connectivity index (χ0n) is 10.8. The van der Waals surface area contributed by atoms with Crippen LogP contribution in [0.4, 0.5) is 5.00 Å². The zero-order chi connectivity index (χ0) is 14.5. The molecule has 1 aromatic carbocycles. The molecule has 0 aliphatic carbocycles. The van der Waals surface area contributed by atoms with Crippen molar-refractivity contribution in [2.45, 2.75) is 6.92 Å². The molecular weight excluding hydrogens is 278 g/mol. The number of carbonyl (C=O) groups excluding carboxylic acids is 1. The molecule has 0 saturated heterocycles. The molecule has 2 aromatic rings. The molecule has 0 atom stereocenters. The SMILES string of the molecule is Cc1ccc(OCC(=O)Nc2sccc2C(=O)O)cc1. The Morgan fingerprint density at radius 3 is 2.60 bits per heavy atom. The lowest BCUT2D eigenvalue weighted by atomic mass is 10.2. The van der Waals surface area contributed by atoms with Crippen molar-refractivity contribution < 1.29 is 19.4 Å². The summed E-state index contributed by atoms with van der Waals surface area (Å²) in [5, 5.41) is 13.4. The minimum absolute atomic E-state index is 0.0821.